The first kappa shape index (κ1) is 44.0. The topological polar surface area (TPSA) is 346 Å². The molecular formula is C33H51NO21. The van der Waals surface area contributed by atoms with Gasteiger partial charge in [0.05, 0.1) is 33.0 Å². The van der Waals surface area contributed by atoms with Crippen molar-refractivity contribution in [3.05, 3.63) is 35.9 Å². The van der Waals surface area contributed by atoms with Crippen LogP contribution in [0.4, 0.5) is 0 Å². The van der Waals surface area contributed by atoms with Gasteiger partial charge in [0.2, 0.25) is 5.91 Å². The van der Waals surface area contributed by atoms with Crippen molar-refractivity contribution in [3.8, 4) is 0 Å². The van der Waals surface area contributed by atoms with Crippen LogP contribution >= 0.6 is 0 Å². The molecule has 0 bridgehead atoms. The van der Waals surface area contributed by atoms with Gasteiger partial charge in [-0.2, -0.15) is 0 Å². The van der Waals surface area contributed by atoms with Crippen molar-refractivity contribution in [2.75, 3.05) is 26.4 Å². The normalized spacial score (nSPS) is 45.3. The highest BCUT2D eigenvalue weighted by molar-refractivity contribution is 5.73. The van der Waals surface area contributed by atoms with E-state index < -0.39 is 155 Å². The van der Waals surface area contributed by atoms with Crippen molar-refractivity contribution in [1.82, 2.24) is 5.32 Å². The van der Waals surface area contributed by atoms with Crippen LogP contribution in [0.15, 0.2) is 30.3 Å². The molecule has 4 aliphatic rings. The molecular weight excluding hydrogens is 746 g/mol. The summed E-state index contributed by atoms with van der Waals surface area (Å²) in [4.78, 5) is 11.9. The monoisotopic (exact) mass is 797 g/mol. The molecule has 20 atom stereocenters. The number of hydrogen-bond acceptors (Lipinski definition) is 21. The summed E-state index contributed by atoms with van der Waals surface area (Å²) in [6.45, 7) is -2.27. The maximum Gasteiger partial charge on any atom is 0.217 e. The van der Waals surface area contributed by atoms with Gasteiger partial charge in [0.25, 0.3) is 0 Å². The highest BCUT2D eigenvalue weighted by Crippen LogP contribution is 2.34. The molecule has 22 heteroatoms. The fourth-order valence-corrected chi connectivity index (χ4v) is 6.82. The second-order valence-corrected chi connectivity index (χ2v) is 13.7. The van der Waals surface area contributed by atoms with Crippen LogP contribution in [0.2, 0.25) is 0 Å². The van der Waals surface area contributed by atoms with E-state index in [-0.39, 0.29) is 6.61 Å². The number of rotatable bonds is 14. The predicted molar refractivity (Wildman–Crippen MR) is 174 cm³/mol. The van der Waals surface area contributed by atoms with Gasteiger partial charge in [-0.3, -0.25) is 4.79 Å². The highest BCUT2D eigenvalue weighted by Gasteiger charge is 2.55. The molecule has 1 aromatic rings. The predicted octanol–water partition coefficient (Wildman–Crippen LogP) is -7.38. The van der Waals surface area contributed by atoms with Gasteiger partial charge < -0.3 is 104 Å². The quantitative estimate of drug-likeness (QED) is 0.0831. The first-order chi connectivity index (χ1) is 26.2. The van der Waals surface area contributed by atoms with Crippen LogP contribution in [0.25, 0.3) is 0 Å². The number of hydrogen-bond donors (Lipinski definition) is 13. The molecule has 4 saturated heterocycles. The van der Waals surface area contributed by atoms with Crippen LogP contribution in [0.5, 0.6) is 0 Å². The number of aliphatic hydroxyl groups excluding tert-OH is 12. The van der Waals surface area contributed by atoms with Gasteiger partial charge in [0, 0.05) is 6.92 Å². The molecule has 0 radical (unpaired) electrons. The van der Waals surface area contributed by atoms with Gasteiger partial charge in [-0.25, -0.2) is 0 Å². The average molecular weight is 798 g/mol. The Bertz CT molecular complexity index is 1330. The fraction of sp³-hybridized carbons (Fsp3) is 0.788. The second-order valence-electron chi connectivity index (χ2n) is 13.7. The van der Waals surface area contributed by atoms with E-state index in [1.807, 2.05) is 0 Å². The van der Waals surface area contributed by atoms with Crippen LogP contribution in [-0.4, -0.2) is 216 Å². The zero-order valence-corrected chi connectivity index (χ0v) is 29.5. The lowest BCUT2D eigenvalue weighted by atomic mass is 9.95. The summed E-state index contributed by atoms with van der Waals surface area (Å²) < 4.78 is 45.2. The molecule has 1 unspecified atom stereocenters. The third kappa shape index (κ3) is 9.78. The number of carbonyl (C=O) groups excluding carboxylic acids is 1. The van der Waals surface area contributed by atoms with Gasteiger partial charge in [0.15, 0.2) is 25.2 Å². The minimum Gasteiger partial charge on any atom is -0.394 e. The standard InChI is InChI=1S/C33H51NO21/c1-12(39)34-18-21(42)19(40)14(7-35)49-30(18)55-29-20(41)15(8-36)50-33(26(29)47)54-28-17(10-38)52-32(25(46)23(28)44)53-27-16(9-37)51-31(24(45)22(27)43)48-11-13-5-3-2-4-6-13/h2-6,14-33,35-38,40-47H,7-11H2,1H3,(H,34,39)/t14-,15-,16-,17-,18-,19+,20+,21-,22-,23-,24-,25-,26-,27-,28+,29+,30-,31?,32+,33+/m1/s1. The molecule has 314 valence electrons. The van der Waals surface area contributed by atoms with E-state index >= 15 is 0 Å². The SMILES string of the molecule is CC(=O)N[C@H]1[C@@H](O[C@H]2[C@@H](O)[C@@H](CO)O[C@@H](O[C@@H]3[C@H](O)[C@@H](O)[C@H](O[C@H]4[C@H](O)[C@@H](O)C(OCc5ccccc5)O[C@@H]4CO)O[C@@H]3CO)[C@@H]2O)O[C@H](CO)[C@H](O)[C@@H]1O. The number of nitrogens with one attached hydrogen (secondary N) is 1. The summed E-state index contributed by atoms with van der Waals surface area (Å²) in [6.07, 6.45) is -32.6. The lowest BCUT2D eigenvalue weighted by Gasteiger charge is -2.49. The zero-order chi connectivity index (χ0) is 40.1. The van der Waals surface area contributed by atoms with Crippen LogP contribution in [0.3, 0.4) is 0 Å². The molecule has 1 amide bonds. The number of amides is 1. The minimum atomic E-state index is -2.02. The summed E-state index contributed by atoms with van der Waals surface area (Å²) in [5.74, 6) is -0.689. The molecule has 0 aliphatic carbocycles. The summed E-state index contributed by atoms with van der Waals surface area (Å²) >= 11 is 0. The average Bonchev–Trinajstić information content (AvgIpc) is 3.18. The molecule has 0 aromatic heterocycles. The van der Waals surface area contributed by atoms with Gasteiger partial charge in [-0.05, 0) is 5.56 Å². The molecule has 22 nitrogen and oxygen atoms in total. The van der Waals surface area contributed by atoms with Crippen LogP contribution in [-0.2, 0) is 49.3 Å². The number of aliphatic hydroxyl groups is 12. The molecule has 1 aromatic carbocycles. The summed E-state index contributed by atoms with van der Waals surface area (Å²) in [5.41, 5.74) is 0.731. The van der Waals surface area contributed by atoms with Crippen molar-refractivity contribution in [1.29, 1.82) is 0 Å². The van der Waals surface area contributed by atoms with Crippen molar-refractivity contribution in [2.24, 2.45) is 0 Å². The van der Waals surface area contributed by atoms with Crippen molar-refractivity contribution in [2.45, 2.75) is 136 Å². The molecule has 4 fully saturated rings. The number of benzene rings is 1. The Labute approximate surface area is 313 Å². The van der Waals surface area contributed by atoms with E-state index in [0.717, 1.165) is 12.5 Å². The van der Waals surface area contributed by atoms with Gasteiger partial charge in [-0.15, -0.1) is 0 Å². The third-order valence-electron chi connectivity index (χ3n) is 9.84. The lowest BCUT2D eigenvalue weighted by molar-refractivity contribution is -0.386. The third-order valence-corrected chi connectivity index (χ3v) is 9.84. The van der Waals surface area contributed by atoms with Crippen LogP contribution in [0.1, 0.15) is 12.5 Å². The van der Waals surface area contributed by atoms with Crippen molar-refractivity contribution in [3.63, 3.8) is 0 Å². The Balaban J connectivity index is 1.27. The van der Waals surface area contributed by atoms with E-state index in [4.69, 9.17) is 37.9 Å². The summed E-state index contributed by atoms with van der Waals surface area (Å²) in [7, 11) is 0. The minimum absolute atomic E-state index is 0.0111. The molecule has 4 heterocycles. The molecule has 0 spiro atoms. The first-order valence-corrected chi connectivity index (χ1v) is 17.6. The molecule has 0 saturated carbocycles. The van der Waals surface area contributed by atoms with Gasteiger partial charge in [-0.1, -0.05) is 30.3 Å². The van der Waals surface area contributed by atoms with E-state index in [2.05, 4.69) is 5.32 Å². The Morgan fingerprint density at radius 1 is 0.545 bits per heavy atom. The largest absolute Gasteiger partial charge is 0.394 e. The second kappa shape index (κ2) is 19.6. The zero-order valence-electron chi connectivity index (χ0n) is 29.5. The van der Waals surface area contributed by atoms with E-state index in [0.29, 0.717) is 0 Å². The summed E-state index contributed by atoms with van der Waals surface area (Å²) in [5, 5.41) is 129. The Morgan fingerprint density at radius 3 is 1.55 bits per heavy atom. The maximum atomic E-state index is 11.9. The van der Waals surface area contributed by atoms with Crippen LogP contribution in [0, 0.1) is 0 Å². The molecule has 5 rings (SSSR count). The van der Waals surface area contributed by atoms with Crippen molar-refractivity contribution < 1.29 is 104 Å². The van der Waals surface area contributed by atoms with E-state index in [1.165, 1.54) is 0 Å². The molecule has 13 N–H and O–H groups in total. The molecule has 4 aliphatic heterocycles. The number of carbonyl (C=O) groups is 1. The smallest absolute Gasteiger partial charge is 0.217 e. The first-order valence-electron chi connectivity index (χ1n) is 17.6. The van der Waals surface area contributed by atoms with Crippen LogP contribution < -0.4 is 5.32 Å². The fourth-order valence-electron chi connectivity index (χ4n) is 6.82. The number of ether oxygens (including phenoxy) is 8. The van der Waals surface area contributed by atoms with E-state index in [9.17, 15) is 66.1 Å². The Kier molecular flexibility index (Phi) is 15.6. The Morgan fingerprint density at radius 2 is 1.00 bits per heavy atom. The highest BCUT2D eigenvalue weighted by atomic mass is 16.8. The van der Waals surface area contributed by atoms with Crippen molar-refractivity contribution >= 4 is 5.91 Å². The Hall–Kier alpha value is -2.11. The van der Waals surface area contributed by atoms with Gasteiger partial charge in [0.1, 0.15) is 97.6 Å². The molecule has 55 heavy (non-hydrogen) atoms. The maximum absolute atomic E-state index is 11.9. The van der Waals surface area contributed by atoms with Gasteiger partial charge >= 0.3 is 0 Å². The summed E-state index contributed by atoms with van der Waals surface area (Å²) in [6, 6.07) is 7.36. The lowest BCUT2D eigenvalue weighted by Crippen LogP contribution is -2.69. The van der Waals surface area contributed by atoms with E-state index in [1.54, 1.807) is 30.3 Å².